The van der Waals surface area contributed by atoms with Crippen LogP contribution in [0.4, 0.5) is 0 Å². The molecule has 6 rings (SSSR count). The van der Waals surface area contributed by atoms with E-state index in [4.69, 9.17) is 9.84 Å². The highest BCUT2D eigenvalue weighted by Gasteiger charge is 2.14. The summed E-state index contributed by atoms with van der Waals surface area (Å²) >= 11 is 1.39. The third-order valence-electron chi connectivity index (χ3n) is 6.29. The summed E-state index contributed by atoms with van der Waals surface area (Å²) in [4.78, 5) is 18.7. The van der Waals surface area contributed by atoms with Crippen LogP contribution >= 0.6 is 11.3 Å². The Kier molecular flexibility index (Phi) is 6.06. The minimum atomic E-state index is -0.0685. The second-order valence-corrected chi connectivity index (χ2v) is 10.4. The maximum atomic E-state index is 13.4. The predicted octanol–water partition coefficient (Wildman–Crippen LogP) is 5.73. The Bertz CT molecular complexity index is 1800. The van der Waals surface area contributed by atoms with E-state index in [1.54, 1.807) is 4.40 Å². The summed E-state index contributed by atoms with van der Waals surface area (Å²) in [6, 6.07) is 25.7. The Hall–Kier alpha value is -4.23. The van der Waals surface area contributed by atoms with Gasteiger partial charge in [0.1, 0.15) is 11.4 Å². The van der Waals surface area contributed by atoms with E-state index in [-0.39, 0.29) is 5.56 Å². The molecule has 6 aromatic rings. The van der Waals surface area contributed by atoms with Gasteiger partial charge in [0.15, 0.2) is 4.96 Å². The molecule has 0 radical (unpaired) electrons. The summed E-state index contributed by atoms with van der Waals surface area (Å²) in [5, 5.41) is 4.91. The average Bonchev–Trinajstić information content (AvgIpc) is 3.58. The van der Waals surface area contributed by atoms with Crippen molar-refractivity contribution in [2.24, 2.45) is 5.92 Å². The van der Waals surface area contributed by atoms with Gasteiger partial charge < -0.3 is 4.74 Å². The molecule has 0 aliphatic carbocycles. The maximum Gasteiger partial charge on any atom is 0.274 e. The first-order chi connectivity index (χ1) is 18.1. The number of nitrogens with zero attached hydrogens (tertiary/aromatic N) is 4. The van der Waals surface area contributed by atoms with Crippen LogP contribution in [0.2, 0.25) is 0 Å². The van der Waals surface area contributed by atoms with Gasteiger partial charge in [-0.25, -0.2) is 14.1 Å². The van der Waals surface area contributed by atoms with E-state index < -0.39 is 0 Å². The second-order valence-electron chi connectivity index (χ2n) is 9.40. The van der Waals surface area contributed by atoms with Crippen molar-refractivity contribution in [2.75, 3.05) is 6.61 Å². The predicted molar refractivity (Wildman–Crippen MR) is 150 cm³/mol. The highest BCUT2D eigenvalue weighted by molar-refractivity contribution is 7.15. The normalized spacial score (nSPS) is 12.2. The van der Waals surface area contributed by atoms with Gasteiger partial charge in [0, 0.05) is 17.3 Å². The number of aromatic nitrogens is 4. The lowest BCUT2D eigenvalue weighted by atomic mass is 10.1. The van der Waals surface area contributed by atoms with Gasteiger partial charge in [-0.2, -0.15) is 5.10 Å². The first-order valence-corrected chi connectivity index (χ1v) is 13.2. The number of benzene rings is 3. The highest BCUT2D eigenvalue weighted by atomic mass is 32.1. The summed E-state index contributed by atoms with van der Waals surface area (Å²) in [6.45, 7) is 5.07. The van der Waals surface area contributed by atoms with Crippen LogP contribution in [-0.4, -0.2) is 25.8 Å². The van der Waals surface area contributed by atoms with Crippen molar-refractivity contribution in [2.45, 2.75) is 20.3 Å². The van der Waals surface area contributed by atoms with E-state index in [0.29, 0.717) is 22.0 Å². The Morgan fingerprint density at radius 2 is 1.73 bits per heavy atom. The van der Waals surface area contributed by atoms with Crippen LogP contribution in [0, 0.1) is 5.92 Å². The van der Waals surface area contributed by atoms with Gasteiger partial charge in [-0.1, -0.05) is 55.5 Å². The molecule has 184 valence electrons. The summed E-state index contributed by atoms with van der Waals surface area (Å²) in [5.41, 5.74) is 5.15. The van der Waals surface area contributed by atoms with Crippen molar-refractivity contribution in [1.29, 1.82) is 0 Å². The number of imidazole rings is 1. The zero-order chi connectivity index (χ0) is 25.4. The van der Waals surface area contributed by atoms with Crippen LogP contribution in [0.15, 0.2) is 89.9 Å². The van der Waals surface area contributed by atoms with Gasteiger partial charge in [0.2, 0.25) is 0 Å². The van der Waals surface area contributed by atoms with Crippen LogP contribution in [0.3, 0.4) is 0 Å². The van der Waals surface area contributed by atoms with Gasteiger partial charge in [0.05, 0.1) is 27.9 Å². The molecule has 0 bridgehead atoms. The first kappa shape index (κ1) is 23.2. The average molecular weight is 507 g/mol. The number of rotatable bonds is 7. The molecule has 7 heteroatoms. The van der Waals surface area contributed by atoms with Crippen molar-refractivity contribution in [1.82, 2.24) is 19.2 Å². The molecule has 37 heavy (non-hydrogen) atoms. The highest BCUT2D eigenvalue weighted by Crippen LogP contribution is 2.27. The van der Waals surface area contributed by atoms with Crippen molar-refractivity contribution in [3.05, 3.63) is 106 Å². The lowest BCUT2D eigenvalue weighted by molar-refractivity contribution is 0.289. The van der Waals surface area contributed by atoms with E-state index in [9.17, 15) is 4.79 Å². The molecule has 6 nitrogen and oxygen atoms in total. The lowest BCUT2D eigenvalue weighted by Gasteiger charge is -2.08. The van der Waals surface area contributed by atoms with E-state index in [0.717, 1.165) is 45.7 Å². The smallest absolute Gasteiger partial charge is 0.274 e. The van der Waals surface area contributed by atoms with Crippen LogP contribution in [0.5, 0.6) is 5.75 Å². The van der Waals surface area contributed by atoms with E-state index >= 15 is 0 Å². The van der Waals surface area contributed by atoms with Crippen molar-refractivity contribution >= 4 is 33.4 Å². The molecule has 0 amide bonds. The van der Waals surface area contributed by atoms with Crippen LogP contribution < -0.4 is 14.8 Å². The standard InChI is InChI=1S/C30H26N4O2S/c1-20(2)16-17-36-24-14-12-21(13-15-24)28-22(19-33(32-28)23-8-4-3-5-9-23)18-27-29(35)34-26-11-7-6-10-25(26)31-30(34)37-27/h3-15,18-20H,16-17H2,1-2H3. The topological polar surface area (TPSA) is 61.4 Å². The largest absolute Gasteiger partial charge is 0.494 e. The molecule has 0 saturated carbocycles. The van der Waals surface area contributed by atoms with Crippen molar-refractivity contribution in [3.8, 4) is 22.7 Å². The zero-order valence-corrected chi connectivity index (χ0v) is 21.5. The van der Waals surface area contributed by atoms with Gasteiger partial charge in [-0.15, -0.1) is 0 Å². The molecule has 3 aromatic heterocycles. The van der Waals surface area contributed by atoms with Gasteiger partial charge in [0.25, 0.3) is 5.56 Å². The number of fused-ring (bicyclic) bond motifs is 3. The molecule has 0 aliphatic rings. The van der Waals surface area contributed by atoms with Crippen LogP contribution in [-0.2, 0) is 0 Å². The van der Waals surface area contributed by atoms with E-state index in [2.05, 4.69) is 18.8 Å². The van der Waals surface area contributed by atoms with Gasteiger partial charge in [-0.05, 0) is 66.9 Å². The van der Waals surface area contributed by atoms with Crippen LogP contribution in [0.1, 0.15) is 25.8 Å². The minimum absolute atomic E-state index is 0.0685. The third-order valence-corrected chi connectivity index (χ3v) is 7.26. The number of hydrogen-bond donors (Lipinski definition) is 0. The Balaban J connectivity index is 1.44. The molecular formula is C30H26N4O2S. The fourth-order valence-electron chi connectivity index (χ4n) is 4.30. The van der Waals surface area contributed by atoms with Gasteiger partial charge >= 0.3 is 0 Å². The SMILES string of the molecule is CC(C)CCOc1ccc(-c2nn(-c3ccccc3)cc2C=c2sc3nc4ccccc4n3c2=O)cc1. The number of hydrogen-bond acceptors (Lipinski definition) is 5. The number of ether oxygens (including phenoxy) is 1. The molecule has 0 N–H and O–H groups in total. The molecule has 0 spiro atoms. The van der Waals surface area contributed by atoms with Crippen molar-refractivity contribution < 1.29 is 4.74 Å². The Labute approximate surface area is 218 Å². The van der Waals surface area contributed by atoms with E-state index in [1.807, 2.05) is 95.8 Å². The minimum Gasteiger partial charge on any atom is -0.494 e. The van der Waals surface area contributed by atoms with E-state index in [1.165, 1.54) is 11.3 Å². The fraction of sp³-hybridized carbons (Fsp3) is 0.167. The first-order valence-electron chi connectivity index (χ1n) is 12.4. The Morgan fingerprint density at radius 1 is 0.973 bits per heavy atom. The molecule has 0 aliphatic heterocycles. The third kappa shape index (κ3) is 4.54. The molecule has 3 aromatic carbocycles. The number of thiazole rings is 1. The molecule has 3 heterocycles. The molecule has 0 fully saturated rings. The number of para-hydroxylation sites is 3. The summed E-state index contributed by atoms with van der Waals surface area (Å²) in [7, 11) is 0. The molecular weight excluding hydrogens is 480 g/mol. The summed E-state index contributed by atoms with van der Waals surface area (Å²) in [5.74, 6) is 1.44. The monoisotopic (exact) mass is 506 g/mol. The fourth-order valence-corrected chi connectivity index (χ4v) is 5.28. The zero-order valence-electron chi connectivity index (χ0n) is 20.7. The molecule has 0 unspecified atom stereocenters. The quantitative estimate of drug-likeness (QED) is 0.277. The Morgan fingerprint density at radius 3 is 2.51 bits per heavy atom. The van der Waals surface area contributed by atoms with Gasteiger partial charge in [-0.3, -0.25) is 4.79 Å². The second kappa shape index (κ2) is 9.67. The van der Waals surface area contributed by atoms with Crippen LogP contribution in [0.25, 0.3) is 39.0 Å². The maximum absolute atomic E-state index is 13.4. The summed E-state index contributed by atoms with van der Waals surface area (Å²) < 4.78 is 10.1. The van der Waals surface area contributed by atoms with Crippen molar-refractivity contribution in [3.63, 3.8) is 0 Å². The summed E-state index contributed by atoms with van der Waals surface area (Å²) in [6.07, 6.45) is 4.91. The molecule has 0 saturated heterocycles. The lowest BCUT2D eigenvalue weighted by Crippen LogP contribution is -2.22. The molecule has 0 atom stereocenters.